The summed E-state index contributed by atoms with van der Waals surface area (Å²) < 4.78 is 5.52. The van der Waals surface area contributed by atoms with Crippen LogP contribution in [0.25, 0.3) is 22.8 Å². The number of esters is 1. The van der Waals surface area contributed by atoms with Crippen LogP contribution in [-0.2, 0) is 4.74 Å². The third-order valence-corrected chi connectivity index (χ3v) is 7.95. The van der Waals surface area contributed by atoms with Gasteiger partial charge in [0.1, 0.15) is 5.60 Å². The zero-order chi connectivity index (χ0) is 37.4. The zero-order valence-electron chi connectivity index (χ0n) is 29.1. The van der Waals surface area contributed by atoms with Gasteiger partial charge in [-0.3, -0.25) is 0 Å². The Morgan fingerprint density at radius 2 is 1.04 bits per heavy atom. The highest BCUT2D eigenvalue weighted by molar-refractivity contribution is 6.33. The Kier molecular flexibility index (Phi) is 11.8. The van der Waals surface area contributed by atoms with Crippen LogP contribution in [0.3, 0.4) is 0 Å². The van der Waals surface area contributed by atoms with Crippen molar-refractivity contribution in [1.29, 1.82) is 0 Å². The summed E-state index contributed by atoms with van der Waals surface area (Å²) in [5.74, 6) is -0.331. The molecule has 0 amide bonds. The van der Waals surface area contributed by atoms with Gasteiger partial charge in [-0.05, 0) is 83.1 Å². The van der Waals surface area contributed by atoms with Crippen molar-refractivity contribution in [3.63, 3.8) is 0 Å². The first-order chi connectivity index (χ1) is 24.8. The maximum absolute atomic E-state index is 12.6. The molecule has 0 bridgehead atoms. The quantitative estimate of drug-likeness (QED) is 0.129. The average Bonchev–Trinajstić information content (AvgIpc) is 3.10. The number of aryl methyl sites for hydroxylation is 2. The molecule has 6 rings (SSSR count). The molecule has 3 N–H and O–H groups in total. The number of aromatic nitrogens is 4. The van der Waals surface area contributed by atoms with E-state index in [1.807, 2.05) is 89.2 Å². The van der Waals surface area contributed by atoms with E-state index in [0.29, 0.717) is 50.0 Å². The van der Waals surface area contributed by atoms with Gasteiger partial charge in [0, 0.05) is 11.1 Å². The van der Waals surface area contributed by atoms with Crippen LogP contribution in [0.15, 0.2) is 110 Å². The number of rotatable bonds is 8. The van der Waals surface area contributed by atoms with Crippen LogP contribution in [-0.4, -0.2) is 42.6 Å². The van der Waals surface area contributed by atoms with Gasteiger partial charge >= 0.3 is 11.9 Å². The van der Waals surface area contributed by atoms with Crippen LogP contribution in [0.2, 0.25) is 10.0 Å². The number of aromatic carboxylic acids is 1. The molecule has 264 valence electrons. The summed E-state index contributed by atoms with van der Waals surface area (Å²) in [6.45, 7) is 9.30. The SMILES string of the molecule is Cc1ccc(Nc2cnc(-c3ccccc3Cl)nc2)c(C(=O)O)c1.Cc1ccc(Nc2cnc(-c3ccccc3Cl)nc2)c(C(=O)OC(C)(C)C)c1. The van der Waals surface area contributed by atoms with Gasteiger partial charge in [-0.1, -0.05) is 70.7 Å². The second-order valence-corrected chi connectivity index (χ2v) is 13.5. The average molecular weight is 736 g/mol. The predicted octanol–water partition coefficient (Wildman–Crippen LogP) is 10.4. The summed E-state index contributed by atoms with van der Waals surface area (Å²) in [5.41, 5.74) is 5.82. The van der Waals surface area contributed by atoms with Gasteiger partial charge in [0.2, 0.25) is 0 Å². The Hall–Kier alpha value is -5.84. The maximum Gasteiger partial charge on any atom is 0.340 e. The Morgan fingerprint density at radius 1 is 0.635 bits per heavy atom. The normalized spacial score (nSPS) is 10.8. The fraction of sp³-hybridized carbons (Fsp3) is 0.150. The molecular weight excluding hydrogens is 699 g/mol. The summed E-state index contributed by atoms with van der Waals surface area (Å²) >= 11 is 12.3. The van der Waals surface area contributed by atoms with Crippen molar-refractivity contribution in [2.75, 3.05) is 10.6 Å². The van der Waals surface area contributed by atoms with Crippen LogP contribution in [0.1, 0.15) is 52.6 Å². The number of carbonyl (C=O) groups is 2. The van der Waals surface area contributed by atoms with Crippen LogP contribution >= 0.6 is 23.2 Å². The fourth-order valence-electron chi connectivity index (χ4n) is 4.87. The Labute approximate surface area is 311 Å². The number of benzene rings is 4. The molecule has 0 aliphatic heterocycles. The van der Waals surface area contributed by atoms with E-state index in [1.165, 1.54) is 0 Å². The number of halogens is 2. The topological polar surface area (TPSA) is 139 Å². The number of carboxylic acids is 1. The number of anilines is 4. The molecule has 4 aromatic carbocycles. The van der Waals surface area contributed by atoms with Crippen molar-refractivity contribution in [1.82, 2.24) is 19.9 Å². The minimum absolute atomic E-state index is 0.199. The van der Waals surface area contributed by atoms with Gasteiger partial charge in [0.15, 0.2) is 11.6 Å². The lowest BCUT2D eigenvalue weighted by Gasteiger charge is -2.21. The molecule has 0 aliphatic carbocycles. The van der Waals surface area contributed by atoms with E-state index in [2.05, 4.69) is 30.6 Å². The number of carbonyl (C=O) groups excluding carboxylic acids is 1. The third kappa shape index (κ3) is 9.90. The molecule has 0 fully saturated rings. The maximum atomic E-state index is 12.6. The van der Waals surface area contributed by atoms with Gasteiger partial charge in [-0.25, -0.2) is 29.5 Å². The predicted molar refractivity (Wildman–Crippen MR) is 206 cm³/mol. The molecule has 0 aliphatic rings. The molecule has 0 saturated heterocycles. The highest BCUT2D eigenvalue weighted by Gasteiger charge is 2.21. The van der Waals surface area contributed by atoms with Gasteiger partial charge < -0.3 is 20.5 Å². The van der Waals surface area contributed by atoms with Gasteiger partial charge in [0.25, 0.3) is 0 Å². The number of nitrogens with zero attached hydrogens (tertiary/aromatic N) is 4. The molecule has 52 heavy (non-hydrogen) atoms. The van der Waals surface area contributed by atoms with Crippen molar-refractivity contribution in [2.24, 2.45) is 0 Å². The van der Waals surface area contributed by atoms with E-state index in [9.17, 15) is 14.7 Å². The lowest BCUT2D eigenvalue weighted by Crippen LogP contribution is -2.24. The first-order valence-electron chi connectivity index (χ1n) is 16.1. The highest BCUT2D eigenvalue weighted by atomic mass is 35.5. The van der Waals surface area contributed by atoms with Crippen LogP contribution < -0.4 is 10.6 Å². The first kappa shape index (κ1) is 37.4. The van der Waals surface area contributed by atoms with Crippen molar-refractivity contribution in [2.45, 2.75) is 40.2 Å². The van der Waals surface area contributed by atoms with Crippen molar-refractivity contribution in [3.05, 3.63) is 142 Å². The van der Waals surface area contributed by atoms with Crippen molar-refractivity contribution >= 4 is 57.9 Å². The van der Waals surface area contributed by atoms with Gasteiger partial charge in [-0.15, -0.1) is 0 Å². The molecule has 0 spiro atoms. The number of carboxylic acid groups (broad SMARTS) is 1. The zero-order valence-corrected chi connectivity index (χ0v) is 30.6. The summed E-state index contributed by atoms with van der Waals surface area (Å²) in [6, 6.07) is 25.5. The van der Waals surface area contributed by atoms with E-state index in [-0.39, 0.29) is 11.5 Å². The molecule has 12 heteroatoms. The fourth-order valence-corrected chi connectivity index (χ4v) is 5.31. The lowest BCUT2D eigenvalue weighted by atomic mass is 10.1. The van der Waals surface area contributed by atoms with Crippen molar-refractivity contribution in [3.8, 4) is 22.8 Å². The number of hydrogen-bond donors (Lipinski definition) is 3. The third-order valence-electron chi connectivity index (χ3n) is 7.29. The lowest BCUT2D eigenvalue weighted by molar-refractivity contribution is 0.00703. The van der Waals surface area contributed by atoms with E-state index >= 15 is 0 Å². The second kappa shape index (κ2) is 16.5. The molecular formula is C40H36Cl2N6O4. The summed E-state index contributed by atoms with van der Waals surface area (Å²) in [5, 5.41) is 16.7. The number of nitrogens with one attached hydrogen (secondary N) is 2. The number of ether oxygens (including phenoxy) is 1. The molecule has 0 atom stereocenters. The van der Waals surface area contributed by atoms with E-state index in [0.717, 1.165) is 22.3 Å². The largest absolute Gasteiger partial charge is 0.478 e. The Balaban J connectivity index is 0.000000203. The van der Waals surface area contributed by atoms with E-state index < -0.39 is 11.6 Å². The van der Waals surface area contributed by atoms with Crippen molar-refractivity contribution < 1.29 is 19.4 Å². The molecule has 10 nitrogen and oxygen atoms in total. The second-order valence-electron chi connectivity index (χ2n) is 12.7. The minimum Gasteiger partial charge on any atom is -0.478 e. The van der Waals surface area contributed by atoms with Crippen LogP contribution in [0.5, 0.6) is 0 Å². The van der Waals surface area contributed by atoms with Gasteiger partial charge in [-0.2, -0.15) is 0 Å². The smallest absolute Gasteiger partial charge is 0.340 e. The Bertz CT molecular complexity index is 2210. The molecule has 6 aromatic rings. The first-order valence-corrected chi connectivity index (χ1v) is 16.9. The molecule has 2 aromatic heterocycles. The molecule has 0 radical (unpaired) electrons. The monoisotopic (exact) mass is 734 g/mol. The molecule has 0 saturated carbocycles. The van der Waals surface area contributed by atoms with E-state index in [1.54, 1.807) is 55.1 Å². The van der Waals surface area contributed by atoms with E-state index in [4.69, 9.17) is 27.9 Å². The summed E-state index contributed by atoms with van der Waals surface area (Å²) in [4.78, 5) is 41.3. The van der Waals surface area contributed by atoms with Crippen LogP contribution in [0, 0.1) is 13.8 Å². The summed E-state index contributed by atoms with van der Waals surface area (Å²) in [7, 11) is 0. The minimum atomic E-state index is -0.991. The van der Waals surface area contributed by atoms with Gasteiger partial charge in [0.05, 0.1) is 68.7 Å². The standard InChI is InChI=1S/C22H22ClN3O2.C18H14ClN3O2/c1-14-9-10-19(17(11-14)21(27)28-22(2,3)4)26-15-12-24-20(25-13-15)16-7-5-6-8-18(16)23;1-11-6-7-16(14(8-11)18(23)24)22-12-9-20-17(21-10-12)13-4-2-3-5-15(13)19/h5-13,26H,1-4H3;2-10,22H,1H3,(H,23,24). The molecule has 0 unspecified atom stereocenters. The Morgan fingerprint density at radius 3 is 1.44 bits per heavy atom. The molecule has 2 heterocycles. The van der Waals surface area contributed by atoms with Crippen LogP contribution in [0.4, 0.5) is 22.7 Å². The number of hydrogen-bond acceptors (Lipinski definition) is 9. The highest BCUT2D eigenvalue weighted by Crippen LogP contribution is 2.28. The summed E-state index contributed by atoms with van der Waals surface area (Å²) in [6.07, 6.45) is 6.50.